The van der Waals surface area contributed by atoms with Gasteiger partial charge in [0, 0.05) is 5.02 Å². The molecule has 0 radical (unpaired) electrons. The number of rotatable bonds is 4. The Hall–Kier alpha value is -1.92. The van der Waals surface area contributed by atoms with Gasteiger partial charge in [0.2, 0.25) is 0 Å². The van der Waals surface area contributed by atoms with Crippen molar-refractivity contribution in [3.63, 3.8) is 0 Å². The highest BCUT2D eigenvalue weighted by Crippen LogP contribution is 2.37. The van der Waals surface area contributed by atoms with Gasteiger partial charge in [0.25, 0.3) is 5.91 Å². The largest absolute Gasteiger partial charge is 0.341 e. The molecule has 4 rings (SSSR count). The molecule has 0 bridgehead atoms. The normalized spacial score (nSPS) is 20.3. The third-order valence-corrected chi connectivity index (χ3v) is 6.13. The number of carbonyl (C=O) groups excluding carboxylic acids is 1. The van der Waals surface area contributed by atoms with E-state index in [0.717, 1.165) is 57.2 Å². The van der Waals surface area contributed by atoms with Gasteiger partial charge in [-0.3, -0.25) is 4.79 Å². The molecule has 1 aromatic heterocycles. The number of halogens is 1. The van der Waals surface area contributed by atoms with Crippen LogP contribution in [0.4, 0.5) is 0 Å². The number of amides is 1. The molecular formula is C20H26ClN5O. The molecule has 1 aliphatic carbocycles. The topological polar surface area (TPSA) is 71.8 Å². The third kappa shape index (κ3) is 4.01. The fourth-order valence-corrected chi connectivity index (χ4v) is 4.45. The second kappa shape index (κ2) is 7.98. The number of benzene rings is 1. The fraction of sp³-hybridized carbons (Fsp3) is 0.550. The zero-order valence-corrected chi connectivity index (χ0v) is 16.2. The second-order valence-corrected chi connectivity index (χ2v) is 8.11. The van der Waals surface area contributed by atoms with Gasteiger partial charge in [0.15, 0.2) is 5.69 Å². The highest BCUT2D eigenvalue weighted by atomic mass is 35.5. The maximum absolute atomic E-state index is 13.0. The molecule has 2 aliphatic rings. The minimum Gasteiger partial charge on any atom is -0.341 e. The average Bonchev–Trinajstić information content (AvgIpc) is 3.20. The molecule has 0 atom stereocenters. The number of nitrogens with one attached hydrogen (secondary N) is 2. The van der Waals surface area contributed by atoms with Gasteiger partial charge in [-0.1, -0.05) is 48.2 Å². The van der Waals surface area contributed by atoms with Gasteiger partial charge in [-0.15, -0.1) is 5.10 Å². The van der Waals surface area contributed by atoms with E-state index in [2.05, 4.69) is 20.9 Å². The van der Waals surface area contributed by atoms with E-state index in [1.54, 1.807) is 6.20 Å². The Kier molecular flexibility index (Phi) is 5.45. The summed E-state index contributed by atoms with van der Waals surface area (Å²) in [7, 11) is 0. The van der Waals surface area contributed by atoms with Crippen molar-refractivity contribution in [2.45, 2.75) is 56.5 Å². The predicted molar refractivity (Wildman–Crippen MR) is 105 cm³/mol. The molecule has 2 heterocycles. The summed E-state index contributed by atoms with van der Waals surface area (Å²) in [6, 6.07) is 8.17. The van der Waals surface area contributed by atoms with Crippen LogP contribution in [0.25, 0.3) is 0 Å². The molecule has 27 heavy (non-hydrogen) atoms. The van der Waals surface area contributed by atoms with E-state index in [1.165, 1.54) is 6.42 Å². The predicted octanol–water partition coefficient (Wildman–Crippen LogP) is 3.45. The van der Waals surface area contributed by atoms with E-state index >= 15 is 0 Å². The van der Waals surface area contributed by atoms with Crippen LogP contribution >= 0.6 is 11.6 Å². The molecule has 144 valence electrons. The summed E-state index contributed by atoms with van der Waals surface area (Å²) in [6.07, 6.45) is 9.10. The summed E-state index contributed by atoms with van der Waals surface area (Å²) >= 11 is 6.06. The lowest BCUT2D eigenvalue weighted by Crippen LogP contribution is -2.47. The Morgan fingerprint density at radius 3 is 2.56 bits per heavy atom. The number of aromatic nitrogens is 3. The van der Waals surface area contributed by atoms with Crippen molar-refractivity contribution < 1.29 is 4.79 Å². The highest BCUT2D eigenvalue weighted by Gasteiger charge is 2.36. The van der Waals surface area contributed by atoms with Crippen LogP contribution < -0.4 is 10.6 Å². The van der Waals surface area contributed by atoms with Crippen LogP contribution in [-0.4, -0.2) is 34.0 Å². The molecule has 2 aromatic rings. The van der Waals surface area contributed by atoms with Crippen molar-refractivity contribution in [3.05, 3.63) is 46.7 Å². The van der Waals surface area contributed by atoms with Crippen LogP contribution in [0.2, 0.25) is 5.02 Å². The molecule has 2 fully saturated rings. The number of hydrogen-bond acceptors (Lipinski definition) is 4. The molecule has 0 spiro atoms. The smallest absolute Gasteiger partial charge is 0.274 e. The molecule has 1 amide bonds. The number of hydrogen-bond donors (Lipinski definition) is 2. The highest BCUT2D eigenvalue weighted by molar-refractivity contribution is 6.30. The van der Waals surface area contributed by atoms with E-state index < -0.39 is 0 Å². The van der Waals surface area contributed by atoms with Crippen molar-refractivity contribution in [2.75, 3.05) is 13.1 Å². The van der Waals surface area contributed by atoms with Crippen LogP contribution in [0, 0.1) is 0 Å². The summed E-state index contributed by atoms with van der Waals surface area (Å²) in [5.74, 6) is -0.146. The van der Waals surface area contributed by atoms with Crippen molar-refractivity contribution >= 4 is 17.5 Å². The standard InChI is InChI=1S/C20H26ClN5O/c21-16-6-4-15(5-7-16)20(10-2-1-3-11-20)23-19(27)18-14-26(25-24-18)17-8-12-22-13-9-17/h4-7,14,17,22H,1-3,8-13H2,(H,23,27). The van der Waals surface area contributed by atoms with Crippen LogP contribution in [0.15, 0.2) is 30.5 Å². The van der Waals surface area contributed by atoms with Gasteiger partial charge < -0.3 is 10.6 Å². The molecule has 7 heteroatoms. The van der Waals surface area contributed by atoms with E-state index in [9.17, 15) is 4.79 Å². The minimum atomic E-state index is -0.349. The summed E-state index contributed by atoms with van der Waals surface area (Å²) < 4.78 is 1.85. The Bertz CT molecular complexity index is 776. The molecular weight excluding hydrogens is 362 g/mol. The molecule has 1 aliphatic heterocycles. The van der Waals surface area contributed by atoms with Crippen LogP contribution in [0.5, 0.6) is 0 Å². The van der Waals surface area contributed by atoms with Gasteiger partial charge in [-0.2, -0.15) is 0 Å². The summed E-state index contributed by atoms with van der Waals surface area (Å²) in [6.45, 7) is 1.96. The average molecular weight is 388 g/mol. The third-order valence-electron chi connectivity index (χ3n) is 5.88. The van der Waals surface area contributed by atoms with Gasteiger partial charge in [0.1, 0.15) is 0 Å². The van der Waals surface area contributed by atoms with Crippen molar-refractivity contribution in [2.24, 2.45) is 0 Å². The van der Waals surface area contributed by atoms with Gasteiger partial charge >= 0.3 is 0 Å². The van der Waals surface area contributed by atoms with E-state index in [-0.39, 0.29) is 11.4 Å². The number of piperidine rings is 1. The Labute approximate surface area is 164 Å². The lowest BCUT2D eigenvalue weighted by atomic mass is 9.76. The molecule has 1 saturated carbocycles. The summed E-state index contributed by atoms with van der Waals surface area (Å²) in [5.41, 5.74) is 1.16. The molecule has 0 unspecified atom stereocenters. The Morgan fingerprint density at radius 1 is 1.15 bits per heavy atom. The number of carbonyl (C=O) groups is 1. The van der Waals surface area contributed by atoms with E-state index in [0.29, 0.717) is 16.8 Å². The van der Waals surface area contributed by atoms with E-state index in [4.69, 9.17) is 11.6 Å². The number of nitrogens with zero attached hydrogens (tertiary/aromatic N) is 3. The molecule has 6 nitrogen and oxygen atoms in total. The fourth-order valence-electron chi connectivity index (χ4n) is 4.32. The van der Waals surface area contributed by atoms with Gasteiger partial charge in [0.05, 0.1) is 17.8 Å². The van der Waals surface area contributed by atoms with Gasteiger partial charge in [-0.05, 0) is 56.5 Å². The van der Waals surface area contributed by atoms with Crippen molar-refractivity contribution in [3.8, 4) is 0 Å². The minimum absolute atomic E-state index is 0.146. The zero-order chi connectivity index (χ0) is 18.7. The van der Waals surface area contributed by atoms with Gasteiger partial charge in [-0.25, -0.2) is 4.68 Å². The van der Waals surface area contributed by atoms with Crippen molar-refractivity contribution in [1.82, 2.24) is 25.6 Å². The second-order valence-electron chi connectivity index (χ2n) is 7.67. The Morgan fingerprint density at radius 2 is 1.85 bits per heavy atom. The first-order chi connectivity index (χ1) is 13.2. The van der Waals surface area contributed by atoms with E-state index in [1.807, 2.05) is 28.9 Å². The maximum Gasteiger partial charge on any atom is 0.274 e. The SMILES string of the molecule is O=C(NC1(c2ccc(Cl)cc2)CCCCC1)c1cn(C2CCNCC2)nn1. The first-order valence-electron chi connectivity index (χ1n) is 9.87. The molecule has 2 N–H and O–H groups in total. The lowest BCUT2D eigenvalue weighted by molar-refractivity contribution is 0.0861. The molecule has 1 aromatic carbocycles. The lowest BCUT2D eigenvalue weighted by Gasteiger charge is -2.38. The summed E-state index contributed by atoms with van der Waals surface area (Å²) in [4.78, 5) is 13.0. The first kappa shape index (κ1) is 18.4. The van der Waals surface area contributed by atoms with Crippen LogP contribution in [0.1, 0.15) is 67.0 Å². The Balaban J connectivity index is 1.53. The first-order valence-corrected chi connectivity index (χ1v) is 10.3. The van der Waals surface area contributed by atoms with Crippen LogP contribution in [-0.2, 0) is 5.54 Å². The quantitative estimate of drug-likeness (QED) is 0.842. The monoisotopic (exact) mass is 387 g/mol. The molecule has 1 saturated heterocycles. The van der Waals surface area contributed by atoms with Crippen LogP contribution in [0.3, 0.4) is 0 Å². The maximum atomic E-state index is 13.0. The zero-order valence-electron chi connectivity index (χ0n) is 15.5. The van der Waals surface area contributed by atoms with Crippen molar-refractivity contribution in [1.29, 1.82) is 0 Å². The summed E-state index contributed by atoms with van der Waals surface area (Å²) in [5, 5.41) is 15.7.